The number of rotatable bonds is 3. The van der Waals surface area contributed by atoms with Crippen LogP contribution in [0.15, 0.2) is 41.3 Å². The van der Waals surface area contributed by atoms with E-state index in [1.807, 2.05) is 30.8 Å². The number of fused-ring (bicyclic) bond motifs is 1. The normalized spacial score (nSPS) is 17.1. The molecule has 20 heavy (non-hydrogen) atoms. The number of benzene rings is 2. The lowest BCUT2D eigenvalue weighted by Gasteiger charge is -2.15. The van der Waals surface area contributed by atoms with Gasteiger partial charge in [-0.05, 0) is 36.2 Å². The fourth-order valence-corrected chi connectivity index (χ4v) is 4.12. The van der Waals surface area contributed by atoms with Gasteiger partial charge in [0, 0.05) is 28.1 Å². The molecule has 2 aromatic rings. The van der Waals surface area contributed by atoms with Crippen LogP contribution in [0.5, 0.6) is 0 Å². The van der Waals surface area contributed by atoms with Crippen LogP contribution >= 0.6 is 35.0 Å². The fraction of sp³-hybridized carbons (Fsp3) is 0.250. The van der Waals surface area contributed by atoms with Crippen molar-refractivity contribution in [1.82, 2.24) is 0 Å². The third-order valence-corrected chi connectivity index (χ3v) is 5.56. The minimum atomic E-state index is 0.521. The van der Waals surface area contributed by atoms with Gasteiger partial charge in [-0.1, -0.05) is 41.4 Å². The number of nitrogens with one attached hydrogen (secondary N) is 1. The molecule has 0 fully saturated rings. The Morgan fingerprint density at radius 3 is 2.85 bits per heavy atom. The first-order chi connectivity index (χ1) is 9.65. The summed E-state index contributed by atoms with van der Waals surface area (Å²) in [4.78, 5) is 1.40. The highest BCUT2D eigenvalue weighted by atomic mass is 35.5. The fourth-order valence-electron chi connectivity index (χ4n) is 2.41. The molecule has 0 amide bonds. The van der Waals surface area contributed by atoms with E-state index in [-0.39, 0.29) is 0 Å². The van der Waals surface area contributed by atoms with Crippen LogP contribution in [-0.2, 0) is 0 Å². The Labute approximate surface area is 133 Å². The summed E-state index contributed by atoms with van der Waals surface area (Å²) < 4.78 is 0. The summed E-state index contributed by atoms with van der Waals surface area (Å²) >= 11 is 14.3. The molecule has 0 saturated carbocycles. The lowest BCUT2D eigenvalue weighted by atomic mass is 10.0. The summed E-state index contributed by atoms with van der Waals surface area (Å²) in [5.74, 6) is 1.64. The molecule has 0 aliphatic carbocycles. The number of halogens is 2. The molecule has 0 spiro atoms. The highest BCUT2D eigenvalue weighted by molar-refractivity contribution is 7.99. The van der Waals surface area contributed by atoms with Gasteiger partial charge in [0.2, 0.25) is 0 Å². The average Bonchev–Trinajstić information content (AvgIpc) is 2.85. The van der Waals surface area contributed by atoms with E-state index in [1.54, 1.807) is 0 Å². The van der Waals surface area contributed by atoms with Crippen LogP contribution in [0.25, 0.3) is 0 Å². The topological polar surface area (TPSA) is 12.0 Å². The van der Waals surface area contributed by atoms with Gasteiger partial charge in [-0.2, -0.15) is 0 Å². The van der Waals surface area contributed by atoms with Crippen molar-refractivity contribution in [3.05, 3.63) is 57.6 Å². The van der Waals surface area contributed by atoms with Crippen molar-refractivity contribution >= 4 is 40.7 Å². The Morgan fingerprint density at radius 2 is 2.00 bits per heavy atom. The molecule has 1 heterocycles. The predicted molar refractivity (Wildman–Crippen MR) is 89.6 cm³/mol. The second-order valence-electron chi connectivity index (χ2n) is 5.01. The third-order valence-electron chi connectivity index (χ3n) is 3.59. The summed E-state index contributed by atoms with van der Waals surface area (Å²) in [5, 5.41) is 4.91. The standard InChI is InChI=1S/C16H15Cl2NS/c1-10-6-14(18)15(7-13(10)17)19-8-11-9-20-16-5-3-2-4-12(11)16/h2-7,11,19H,8-9H2,1H3. The Kier molecular flexibility index (Phi) is 4.16. The summed E-state index contributed by atoms with van der Waals surface area (Å²) in [6.45, 7) is 2.84. The molecule has 1 aliphatic heterocycles. The van der Waals surface area contributed by atoms with E-state index in [9.17, 15) is 0 Å². The van der Waals surface area contributed by atoms with Gasteiger partial charge in [-0.3, -0.25) is 0 Å². The first-order valence-electron chi connectivity index (χ1n) is 6.56. The smallest absolute Gasteiger partial charge is 0.0641 e. The Bertz CT molecular complexity index is 642. The highest BCUT2D eigenvalue weighted by Gasteiger charge is 2.22. The van der Waals surface area contributed by atoms with E-state index in [2.05, 4.69) is 29.6 Å². The van der Waals surface area contributed by atoms with Crippen LogP contribution in [0.3, 0.4) is 0 Å². The first kappa shape index (κ1) is 14.1. The molecule has 1 aliphatic rings. The number of hydrogen-bond acceptors (Lipinski definition) is 2. The molecule has 0 saturated heterocycles. The highest BCUT2D eigenvalue weighted by Crippen LogP contribution is 2.39. The molecule has 4 heteroatoms. The van der Waals surface area contributed by atoms with E-state index in [1.165, 1.54) is 10.5 Å². The predicted octanol–water partition coefficient (Wildman–Crippen LogP) is 5.60. The largest absolute Gasteiger partial charge is 0.383 e. The monoisotopic (exact) mass is 323 g/mol. The van der Waals surface area contributed by atoms with E-state index in [4.69, 9.17) is 23.2 Å². The number of thioether (sulfide) groups is 1. The van der Waals surface area contributed by atoms with Crippen LogP contribution in [0, 0.1) is 6.92 Å². The SMILES string of the molecule is Cc1cc(Cl)c(NCC2CSc3ccccc32)cc1Cl. The van der Waals surface area contributed by atoms with Crippen molar-refractivity contribution in [2.75, 3.05) is 17.6 Å². The van der Waals surface area contributed by atoms with Crippen molar-refractivity contribution in [3.63, 3.8) is 0 Å². The Hall–Kier alpha value is -0.830. The zero-order valence-corrected chi connectivity index (χ0v) is 13.4. The molecule has 1 atom stereocenters. The van der Waals surface area contributed by atoms with E-state index < -0.39 is 0 Å². The number of hydrogen-bond donors (Lipinski definition) is 1. The maximum Gasteiger partial charge on any atom is 0.0641 e. The van der Waals surface area contributed by atoms with Gasteiger partial charge >= 0.3 is 0 Å². The van der Waals surface area contributed by atoms with Crippen LogP contribution in [0.2, 0.25) is 10.0 Å². The van der Waals surface area contributed by atoms with Crippen LogP contribution in [0.4, 0.5) is 5.69 Å². The van der Waals surface area contributed by atoms with E-state index in [0.29, 0.717) is 5.92 Å². The third kappa shape index (κ3) is 2.78. The molecule has 1 nitrogen and oxygen atoms in total. The minimum Gasteiger partial charge on any atom is -0.383 e. The van der Waals surface area contributed by atoms with Gasteiger partial charge < -0.3 is 5.32 Å². The zero-order valence-electron chi connectivity index (χ0n) is 11.1. The van der Waals surface area contributed by atoms with Gasteiger partial charge in [0.05, 0.1) is 10.7 Å². The van der Waals surface area contributed by atoms with Gasteiger partial charge in [0.1, 0.15) is 0 Å². The van der Waals surface area contributed by atoms with Gasteiger partial charge in [-0.25, -0.2) is 0 Å². The molecule has 1 N–H and O–H groups in total. The van der Waals surface area contributed by atoms with Crippen molar-refractivity contribution in [2.24, 2.45) is 0 Å². The number of anilines is 1. The minimum absolute atomic E-state index is 0.521. The maximum absolute atomic E-state index is 6.26. The number of aryl methyl sites for hydroxylation is 1. The van der Waals surface area contributed by atoms with Gasteiger partial charge in [0.15, 0.2) is 0 Å². The van der Waals surface area contributed by atoms with Gasteiger partial charge in [0.25, 0.3) is 0 Å². The first-order valence-corrected chi connectivity index (χ1v) is 8.30. The zero-order chi connectivity index (χ0) is 14.1. The lowest BCUT2D eigenvalue weighted by molar-refractivity contribution is 0.819. The summed E-state index contributed by atoms with van der Waals surface area (Å²) in [6, 6.07) is 12.4. The second-order valence-corrected chi connectivity index (χ2v) is 6.88. The van der Waals surface area contributed by atoms with Crippen LogP contribution in [0.1, 0.15) is 17.0 Å². The summed E-state index contributed by atoms with van der Waals surface area (Å²) in [5.41, 5.74) is 3.35. The maximum atomic E-state index is 6.26. The van der Waals surface area contributed by atoms with Gasteiger partial charge in [-0.15, -0.1) is 11.8 Å². The molecule has 3 rings (SSSR count). The second kappa shape index (κ2) is 5.88. The van der Waals surface area contributed by atoms with Crippen LogP contribution < -0.4 is 5.32 Å². The average molecular weight is 324 g/mol. The molecule has 1 unspecified atom stereocenters. The quantitative estimate of drug-likeness (QED) is 0.788. The van der Waals surface area contributed by atoms with Crippen molar-refractivity contribution in [3.8, 4) is 0 Å². The molecule has 2 aromatic carbocycles. The molecular formula is C16H15Cl2NS. The van der Waals surface area contributed by atoms with Crippen molar-refractivity contribution in [2.45, 2.75) is 17.7 Å². The summed E-state index contributed by atoms with van der Waals surface area (Å²) in [6.07, 6.45) is 0. The van der Waals surface area contributed by atoms with E-state index >= 15 is 0 Å². The summed E-state index contributed by atoms with van der Waals surface area (Å²) in [7, 11) is 0. The molecule has 104 valence electrons. The van der Waals surface area contributed by atoms with Crippen molar-refractivity contribution in [1.29, 1.82) is 0 Å². The molecule has 0 radical (unpaired) electrons. The Balaban J connectivity index is 1.74. The lowest BCUT2D eigenvalue weighted by Crippen LogP contribution is -2.12. The molecule has 0 bridgehead atoms. The molecule has 0 aromatic heterocycles. The molecular weight excluding hydrogens is 309 g/mol. The Morgan fingerprint density at radius 1 is 1.20 bits per heavy atom. The van der Waals surface area contributed by atoms with Crippen molar-refractivity contribution < 1.29 is 0 Å². The van der Waals surface area contributed by atoms with Crippen LogP contribution in [-0.4, -0.2) is 12.3 Å². The van der Waals surface area contributed by atoms with E-state index in [0.717, 1.165) is 33.6 Å².